The molecule has 0 spiro atoms. The first-order chi connectivity index (χ1) is 13.1. The number of aliphatic hydroxyl groups excluding tert-OH is 1. The molecule has 3 N–H and O–H groups in total. The van der Waals surface area contributed by atoms with Gasteiger partial charge in [-0.05, 0) is 49.3 Å². The third-order valence-corrected chi connectivity index (χ3v) is 4.94. The van der Waals surface area contributed by atoms with Crippen molar-refractivity contribution in [3.05, 3.63) is 57.6 Å². The molecule has 0 saturated carbocycles. The Morgan fingerprint density at radius 2 is 2.07 bits per heavy atom. The van der Waals surface area contributed by atoms with Crippen LogP contribution in [-0.2, 0) is 19.5 Å². The first-order valence-corrected chi connectivity index (χ1v) is 9.63. The summed E-state index contributed by atoms with van der Waals surface area (Å²) in [5.41, 5.74) is 5.01. The number of benzene rings is 1. The number of pyridine rings is 1. The third-order valence-electron chi connectivity index (χ3n) is 4.94. The maximum atomic E-state index is 12.5. The second-order valence-electron chi connectivity index (χ2n) is 6.94. The minimum atomic E-state index is -0.132. The van der Waals surface area contributed by atoms with Gasteiger partial charge in [-0.3, -0.25) is 4.79 Å². The number of anilines is 1. The lowest BCUT2D eigenvalue weighted by atomic mass is 10.0. The fourth-order valence-corrected chi connectivity index (χ4v) is 3.35. The number of H-pyrrole nitrogens is 1. The molecule has 0 amide bonds. The number of fused-ring (bicyclic) bond motifs is 1. The van der Waals surface area contributed by atoms with Gasteiger partial charge in [-0.15, -0.1) is 0 Å². The van der Waals surface area contributed by atoms with Gasteiger partial charge < -0.3 is 20.0 Å². The summed E-state index contributed by atoms with van der Waals surface area (Å²) < 4.78 is 1.89. The summed E-state index contributed by atoms with van der Waals surface area (Å²) in [5.74, 6) is 0.677. The normalized spacial score (nSPS) is 11.2. The highest BCUT2D eigenvalue weighted by atomic mass is 16.2. The number of nitrogens with one attached hydrogen (secondary N) is 2. The van der Waals surface area contributed by atoms with Crippen LogP contribution in [0.3, 0.4) is 0 Å². The van der Waals surface area contributed by atoms with E-state index in [0.717, 1.165) is 32.2 Å². The summed E-state index contributed by atoms with van der Waals surface area (Å²) in [6.45, 7) is 5.87. The molecule has 0 aliphatic carbocycles. The van der Waals surface area contributed by atoms with Crippen LogP contribution in [0, 0.1) is 6.92 Å². The van der Waals surface area contributed by atoms with Crippen molar-refractivity contribution in [1.29, 1.82) is 0 Å². The van der Waals surface area contributed by atoms with E-state index in [9.17, 15) is 4.79 Å². The van der Waals surface area contributed by atoms with E-state index in [1.165, 1.54) is 16.7 Å². The summed E-state index contributed by atoms with van der Waals surface area (Å²) in [6, 6.07) is 8.34. The van der Waals surface area contributed by atoms with Crippen LogP contribution in [-0.4, -0.2) is 26.2 Å². The van der Waals surface area contributed by atoms with Crippen LogP contribution < -0.4 is 10.9 Å². The Kier molecular flexibility index (Phi) is 6.29. The van der Waals surface area contributed by atoms with Gasteiger partial charge in [0.1, 0.15) is 11.3 Å². The molecule has 144 valence electrons. The number of aliphatic hydroxyl groups is 1. The average molecular weight is 368 g/mol. The number of rotatable bonds is 9. The van der Waals surface area contributed by atoms with Gasteiger partial charge >= 0.3 is 0 Å². The highest BCUT2D eigenvalue weighted by molar-refractivity contribution is 5.77. The van der Waals surface area contributed by atoms with Crippen molar-refractivity contribution >= 4 is 16.9 Å². The molecular formula is C21H28N4O2. The topological polar surface area (TPSA) is 82.9 Å². The van der Waals surface area contributed by atoms with Crippen molar-refractivity contribution in [3.63, 3.8) is 0 Å². The molecule has 2 aromatic heterocycles. The van der Waals surface area contributed by atoms with E-state index < -0.39 is 0 Å². The number of imidazole rings is 1. The Balaban J connectivity index is 1.72. The van der Waals surface area contributed by atoms with Crippen LogP contribution in [0.4, 0.5) is 5.82 Å². The largest absolute Gasteiger partial charge is 0.396 e. The number of hydrogen-bond donors (Lipinski definition) is 3. The molecule has 0 radical (unpaired) electrons. The van der Waals surface area contributed by atoms with Crippen molar-refractivity contribution in [2.24, 2.45) is 0 Å². The van der Waals surface area contributed by atoms with Crippen molar-refractivity contribution in [1.82, 2.24) is 14.5 Å². The molecule has 0 aliphatic rings. The van der Waals surface area contributed by atoms with Gasteiger partial charge in [0.15, 0.2) is 0 Å². The summed E-state index contributed by atoms with van der Waals surface area (Å²) >= 11 is 0. The van der Waals surface area contributed by atoms with Crippen LogP contribution in [0.25, 0.3) is 11.0 Å². The Labute approximate surface area is 159 Å². The Bertz CT molecular complexity index is 958. The zero-order chi connectivity index (χ0) is 19.2. The molecule has 2 heterocycles. The Morgan fingerprint density at radius 1 is 1.22 bits per heavy atom. The fourth-order valence-electron chi connectivity index (χ4n) is 3.35. The summed E-state index contributed by atoms with van der Waals surface area (Å²) in [6.07, 6.45) is 5.37. The van der Waals surface area contributed by atoms with Gasteiger partial charge in [-0.25, -0.2) is 4.98 Å². The van der Waals surface area contributed by atoms with Gasteiger partial charge in [0, 0.05) is 25.8 Å². The monoisotopic (exact) mass is 368 g/mol. The standard InChI is InChI=1S/C21H28N4O2/c1-3-17-11-16(8-7-15(17)2)13-22-19-12-18-20(21(27)24-19)25(14-23-18)9-5-4-6-10-26/h7-8,11-12,14,26H,3-6,9-10,13H2,1-2H3,(H2,22,24,27). The second-order valence-corrected chi connectivity index (χ2v) is 6.94. The molecule has 6 heteroatoms. The Hall–Kier alpha value is -2.60. The highest BCUT2D eigenvalue weighted by Crippen LogP contribution is 2.16. The molecule has 0 bridgehead atoms. The molecule has 1 aromatic carbocycles. The molecule has 0 fully saturated rings. The predicted octanol–water partition coefficient (Wildman–Crippen LogP) is 3.37. The Morgan fingerprint density at radius 3 is 2.85 bits per heavy atom. The van der Waals surface area contributed by atoms with Crippen LogP contribution in [0.2, 0.25) is 0 Å². The van der Waals surface area contributed by atoms with Gasteiger partial charge in [-0.2, -0.15) is 0 Å². The van der Waals surface area contributed by atoms with Crippen molar-refractivity contribution in [3.8, 4) is 0 Å². The fraction of sp³-hybridized carbons (Fsp3) is 0.429. The van der Waals surface area contributed by atoms with Crippen LogP contribution in [0.1, 0.15) is 42.9 Å². The van der Waals surface area contributed by atoms with Gasteiger partial charge in [-0.1, -0.05) is 25.1 Å². The lowest BCUT2D eigenvalue weighted by molar-refractivity contribution is 0.282. The van der Waals surface area contributed by atoms with Gasteiger partial charge in [0.05, 0.1) is 11.8 Å². The first kappa shape index (κ1) is 19.2. The van der Waals surface area contributed by atoms with Gasteiger partial charge in [0.2, 0.25) is 0 Å². The van der Waals surface area contributed by atoms with E-state index in [-0.39, 0.29) is 12.2 Å². The zero-order valence-electron chi connectivity index (χ0n) is 16.1. The first-order valence-electron chi connectivity index (χ1n) is 9.63. The summed E-state index contributed by atoms with van der Waals surface area (Å²) in [5, 5.41) is 12.2. The quantitative estimate of drug-likeness (QED) is 0.506. The van der Waals surface area contributed by atoms with E-state index in [0.29, 0.717) is 23.4 Å². The zero-order valence-corrected chi connectivity index (χ0v) is 16.1. The molecule has 27 heavy (non-hydrogen) atoms. The second kappa shape index (κ2) is 8.86. The third kappa shape index (κ3) is 4.57. The molecule has 0 unspecified atom stereocenters. The SMILES string of the molecule is CCc1cc(CNc2cc3ncn(CCCCCO)c3c(=O)[nH]2)ccc1C. The van der Waals surface area contributed by atoms with Crippen LogP contribution in [0.5, 0.6) is 0 Å². The van der Waals surface area contributed by atoms with Crippen LogP contribution in [0.15, 0.2) is 35.4 Å². The average Bonchev–Trinajstić information content (AvgIpc) is 3.08. The molecule has 0 saturated heterocycles. The van der Waals surface area contributed by atoms with Crippen LogP contribution >= 0.6 is 0 Å². The number of unbranched alkanes of at least 4 members (excludes halogenated alkanes) is 2. The van der Waals surface area contributed by atoms with E-state index >= 15 is 0 Å². The lowest BCUT2D eigenvalue weighted by Crippen LogP contribution is -2.14. The highest BCUT2D eigenvalue weighted by Gasteiger charge is 2.09. The van der Waals surface area contributed by atoms with Crippen molar-refractivity contribution in [2.45, 2.75) is 52.6 Å². The minimum absolute atomic E-state index is 0.132. The number of hydrogen-bond acceptors (Lipinski definition) is 4. The van der Waals surface area contributed by atoms with E-state index in [1.54, 1.807) is 6.33 Å². The maximum Gasteiger partial charge on any atom is 0.275 e. The molecule has 0 atom stereocenters. The van der Waals surface area contributed by atoms with Gasteiger partial charge in [0.25, 0.3) is 5.56 Å². The summed E-state index contributed by atoms with van der Waals surface area (Å²) in [4.78, 5) is 19.8. The van der Waals surface area contributed by atoms with Crippen molar-refractivity contribution < 1.29 is 5.11 Å². The van der Waals surface area contributed by atoms with E-state index in [4.69, 9.17) is 5.11 Å². The predicted molar refractivity (Wildman–Crippen MR) is 109 cm³/mol. The smallest absolute Gasteiger partial charge is 0.275 e. The molecular weight excluding hydrogens is 340 g/mol. The van der Waals surface area contributed by atoms with E-state index in [1.807, 2.05) is 10.6 Å². The maximum absolute atomic E-state index is 12.5. The minimum Gasteiger partial charge on any atom is -0.396 e. The van der Waals surface area contributed by atoms with E-state index in [2.05, 4.69) is 47.3 Å². The number of aryl methyl sites for hydroxylation is 3. The molecule has 3 rings (SSSR count). The van der Waals surface area contributed by atoms with Crippen molar-refractivity contribution in [2.75, 3.05) is 11.9 Å². The molecule has 6 nitrogen and oxygen atoms in total. The molecule has 0 aliphatic heterocycles. The number of aromatic nitrogens is 3. The number of aromatic amines is 1. The lowest BCUT2D eigenvalue weighted by Gasteiger charge is -2.10. The summed E-state index contributed by atoms with van der Waals surface area (Å²) in [7, 11) is 0. The number of nitrogens with zero attached hydrogens (tertiary/aromatic N) is 2. The molecule has 3 aromatic rings.